The van der Waals surface area contributed by atoms with Gasteiger partial charge < -0.3 is 15.1 Å². The normalized spacial score (nSPS) is 15.0. The quantitative estimate of drug-likeness (QED) is 0.697. The average Bonchev–Trinajstić information content (AvgIpc) is 3.17. The van der Waals surface area contributed by atoms with Crippen molar-refractivity contribution in [3.05, 3.63) is 59.4 Å². The second-order valence-electron chi connectivity index (χ2n) is 6.81. The van der Waals surface area contributed by atoms with Crippen molar-refractivity contribution in [2.75, 3.05) is 38.0 Å². The second-order valence-corrected chi connectivity index (χ2v) is 7.70. The highest BCUT2D eigenvalue weighted by Gasteiger charge is 2.26. The molecule has 144 valence electrons. The van der Waals surface area contributed by atoms with Gasteiger partial charge >= 0.3 is 0 Å². The summed E-state index contributed by atoms with van der Waals surface area (Å²) in [6.45, 7) is 2.97. The Balaban J connectivity index is 1.29. The Kier molecular flexibility index (Phi) is 5.31. The van der Waals surface area contributed by atoms with Crippen molar-refractivity contribution in [2.24, 2.45) is 0 Å². The van der Waals surface area contributed by atoms with E-state index in [2.05, 4.69) is 10.3 Å². The molecule has 1 aliphatic heterocycles. The highest BCUT2D eigenvalue weighted by atomic mass is 32.1. The largest absolute Gasteiger partial charge is 0.327 e. The van der Waals surface area contributed by atoms with Crippen LogP contribution in [-0.4, -0.2) is 54.4 Å². The van der Waals surface area contributed by atoms with E-state index in [0.717, 1.165) is 15.1 Å². The van der Waals surface area contributed by atoms with Gasteiger partial charge in [0.05, 0.1) is 41.9 Å². The summed E-state index contributed by atoms with van der Waals surface area (Å²) in [7, 11) is 0. The average molecular weight is 399 g/mol. The van der Waals surface area contributed by atoms with Crippen LogP contribution in [0.4, 0.5) is 10.1 Å². The molecule has 6 nitrogen and oxygen atoms in total. The molecule has 0 atom stereocenters. The van der Waals surface area contributed by atoms with Crippen LogP contribution in [0.25, 0.3) is 10.2 Å². The molecule has 3 aromatic rings. The third-order valence-corrected chi connectivity index (χ3v) is 5.67. The van der Waals surface area contributed by atoms with Gasteiger partial charge in [-0.25, -0.2) is 9.37 Å². The Morgan fingerprint density at radius 3 is 2.64 bits per heavy atom. The Labute approximate surface area is 165 Å². The highest BCUT2D eigenvalue weighted by Crippen LogP contribution is 2.20. The van der Waals surface area contributed by atoms with Gasteiger partial charge in [0.2, 0.25) is 0 Å². The zero-order valence-corrected chi connectivity index (χ0v) is 16.0. The number of nitrogens with zero attached hydrogens (tertiary/aromatic N) is 2. The van der Waals surface area contributed by atoms with E-state index in [1.54, 1.807) is 17.6 Å². The number of carbonyl (C=O) groups excluding carboxylic acids is 2. The zero-order chi connectivity index (χ0) is 19.5. The third-order valence-electron chi connectivity index (χ3n) is 4.87. The van der Waals surface area contributed by atoms with Crippen LogP contribution in [0.3, 0.4) is 0 Å². The van der Waals surface area contributed by atoms with Crippen LogP contribution in [0.5, 0.6) is 0 Å². The maximum Gasteiger partial charge on any atom is 0.279 e. The number of piperazine rings is 1. The van der Waals surface area contributed by atoms with Crippen molar-refractivity contribution in [3.63, 3.8) is 0 Å². The maximum atomic E-state index is 12.9. The molecule has 0 unspecified atom stereocenters. The topological polar surface area (TPSA) is 66.7 Å². The van der Waals surface area contributed by atoms with E-state index in [1.807, 2.05) is 23.1 Å². The number of halogens is 1. The van der Waals surface area contributed by atoms with Crippen molar-refractivity contribution in [1.29, 1.82) is 0 Å². The number of rotatable bonds is 4. The van der Waals surface area contributed by atoms with Gasteiger partial charge in [-0.05, 0) is 42.5 Å². The fraction of sp³-hybridized carbons (Fsp3) is 0.250. The standard InChI is InChI=1S/C20H19FN4O2S/c21-15-2-4-16(5-3-15)23-19(26)12-24-7-9-25(10-8-24)20(27)14-1-6-17-18(11-14)28-13-22-17/h1-6,11,13H,7-10,12H2,(H,23,26)/p+1. The Bertz CT molecular complexity index is 997. The summed E-state index contributed by atoms with van der Waals surface area (Å²) in [4.78, 5) is 32.1. The fourth-order valence-corrected chi connectivity index (χ4v) is 4.06. The van der Waals surface area contributed by atoms with Gasteiger partial charge in [0.25, 0.3) is 11.8 Å². The van der Waals surface area contributed by atoms with Gasteiger partial charge in [-0.3, -0.25) is 9.59 Å². The minimum atomic E-state index is -0.334. The Morgan fingerprint density at radius 1 is 1.14 bits per heavy atom. The summed E-state index contributed by atoms with van der Waals surface area (Å²) in [5.74, 6) is -0.430. The van der Waals surface area contributed by atoms with Crippen molar-refractivity contribution < 1.29 is 18.9 Å². The van der Waals surface area contributed by atoms with Crippen molar-refractivity contribution in [3.8, 4) is 0 Å². The summed E-state index contributed by atoms with van der Waals surface area (Å²) in [5.41, 5.74) is 3.94. The molecule has 28 heavy (non-hydrogen) atoms. The molecule has 0 saturated carbocycles. The van der Waals surface area contributed by atoms with Gasteiger partial charge in [0.1, 0.15) is 5.82 Å². The van der Waals surface area contributed by atoms with Gasteiger partial charge in [-0.1, -0.05) is 0 Å². The zero-order valence-electron chi connectivity index (χ0n) is 15.2. The number of carbonyl (C=O) groups is 2. The smallest absolute Gasteiger partial charge is 0.279 e. The Morgan fingerprint density at radius 2 is 1.89 bits per heavy atom. The number of anilines is 1. The molecule has 2 amide bonds. The molecule has 1 saturated heterocycles. The molecule has 0 spiro atoms. The molecule has 1 fully saturated rings. The minimum absolute atomic E-state index is 0.0186. The molecule has 1 aromatic heterocycles. The highest BCUT2D eigenvalue weighted by molar-refractivity contribution is 7.16. The predicted octanol–water partition coefficient (Wildman–Crippen LogP) is 1.41. The SMILES string of the molecule is O=C(C[NH+]1CCN(C(=O)c2ccc3ncsc3c2)CC1)Nc1ccc(F)cc1. The number of nitrogens with one attached hydrogen (secondary N) is 2. The first kappa shape index (κ1) is 18.5. The van der Waals surface area contributed by atoms with Crippen LogP contribution >= 0.6 is 11.3 Å². The molecular formula is C20H20FN4O2S+. The Hall–Kier alpha value is -2.84. The molecule has 1 aliphatic rings. The number of quaternary nitrogens is 1. The number of aromatic nitrogens is 1. The first-order valence-corrected chi connectivity index (χ1v) is 9.98. The van der Waals surface area contributed by atoms with Gasteiger partial charge in [-0.2, -0.15) is 0 Å². The van der Waals surface area contributed by atoms with Crippen LogP contribution < -0.4 is 10.2 Å². The van der Waals surface area contributed by atoms with Gasteiger partial charge in [0, 0.05) is 11.3 Å². The number of thiazole rings is 1. The summed E-state index contributed by atoms with van der Waals surface area (Å²) in [6, 6.07) is 11.3. The van der Waals surface area contributed by atoms with E-state index in [9.17, 15) is 14.0 Å². The van der Waals surface area contributed by atoms with Crippen LogP contribution in [0.15, 0.2) is 48.0 Å². The molecule has 4 rings (SSSR count). The number of hydrogen-bond acceptors (Lipinski definition) is 4. The molecule has 0 bridgehead atoms. The van der Waals surface area contributed by atoms with E-state index in [0.29, 0.717) is 44.0 Å². The molecule has 0 radical (unpaired) electrons. The third kappa shape index (κ3) is 4.18. The summed E-state index contributed by atoms with van der Waals surface area (Å²) in [5, 5.41) is 2.78. The van der Waals surface area contributed by atoms with E-state index in [-0.39, 0.29) is 17.6 Å². The molecule has 2 heterocycles. The van der Waals surface area contributed by atoms with Crippen molar-refractivity contribution >= 4 is 39.1 Å². The van der Waals surface area contributed by atoms with Crippen LogP contribution in [0.1, 0.15) is 10.4 Å². The monoisotopic (exact) mass is 399 g/mol. The second kappa shape index (κ2) is 8.04. The lowest BCUT2D eigenvalue weighted by molar-refractivity contribution is -0.895. The van der Waals surface area contributed by atoms with Crippen LogP contribution in [0.2, 0.25) is 0 Å². The summed E-state index contributed by atoms with van der Waals surface area (Å²) >= 11 is 1.52. The summed E-state index contributed by atoms with van der Waals surface area (Å²) in [6.07, 6.45) is 0. The summed E-state index contributed by atoms with van der Waals surface area (Å²) < 4.78 is 13.9. The predicted molar refractivity (Wildman–Crippen MR) is 106 cm³/mol. The molecule has 2 aromatic carbocycles. The minimum Gasteiger partial charge on any atom is -0.327 e. The van der Waals surface area contributed by atoms with E-state index in [1.165, 1.54) is 23.5 Å². The maximum absolute atomic E-state index is 12.9. The van der Waals surface area contributed by atoms with Gasteiger partial charge in [-0.15, -0.1) is 11.3 Å². The van der Waals surface area contributed by atoms with Crippen LogP contribution in [0, 0.1) is 5.82 Å². The van der Waals surface area contributed by atoms with Crippen LogP contribution in [-0.2, 0) is 4.79 Å². The number of amides is 2. The number of hydrogen-bond donors (Lipinski definition) is 2. The molecular weight excluding hydrogens is 379 g/mol. The molecule has 2 N–H and O–H groups in total. The number of fused-ring (bicyclic) bond motifs is 1. The molecule has 8 heteroatoms. The first-order valence-electron chi connectivity index (χ1n) is 9.10. The van der Waals surface area contributed by atoms with Gasteiger partial charge in [0.15, 0.2) is 6.54 Å². The van der Waals surface area contributed by atoms with E-state index < -0.39 is 0 Å². The number of benzene rings is 2. The lowest BCUT2D eigenvalue weighted by Gasteiger charge is -2.32. The van der Waals surface area contributed by atoms with Crippen molar-refractivity contribution in [1.82, 2.24) is 9.88 Å². The fourth-order valence-electron chi connectivity index (χ4n) is 3.34. The van der Waals surface area contributed by atoms with Crippen molar-refractivity contribution in [2.45, 2.75) is 0 Å². The lowest BCUT2D eigenvalue weighted by atomic mass is 10.1. The first-order chi connectivity index (χ1) is 13.6. The molecule has 0 aliphatic carbocycles. The lowest BCUT2D eigenvalue weighted by Crippen LogP contribution is -3.15. The van der Waals surface area contributed by atoms with E-state index >= 15 is 0 Å². The van der Waals surface area contributed by atoms with E-state index in [4.69, 9.17) is 0 Å².